The molecule has 328 valence electrons. The number of ether oxygens (including phenoxy) is 1. The van der Waals surface area contributed by atoms with E-state index in [1.807, 2.05) is 43.0 Å². The minimum absolute atomic E-state index is 0.0221. The molecule has 4 aromatic rings. The summed E-state index contributed by atoms with van der Waals surface area (Å²) in [6.07, 6.45) is 3.67. The molecule has 4 aliphatic rings. The smallest absolute Gasteiger partial charge is 0.328 e. The Bertz CT molecular complexity index is 2450. The lowest BCUT2D eigenvalue weighted by Gasteiger charge is -2.50. The number of rotatable bonds is 13. The zero-order valence-electron chi connectivity index (χ0n) is 35.7. The SMILES string of the molecule is Cc1cc(Nc2ncc(Cl)c(Nc3ccccc3S(=O)(=O)C(C)C)n2)c(OC(C)C)cc1C1CCN(C2CN(C(=O)C3CN(c4ccc(N5CCC(=O)NC5=O)cc4)C3)C2)CC1. The topological polar surface area (TPSA) is 169 Å². The Morgan fingerprint density at radius 1 is 0.903 bits per heavy atom. The molecule has 62 heavy (non-hydrogen) atoms. The molecule has 15 nitrogen and oxygen atoms in total. The summed E-state index contributed by atoms with van der Waals surface area (Å²) < 4.78 is 32.5. The maximum absolute atomic E-state index is 13.4. The van der Waals surface area contributed by atoms with Crippen molar-refractivity contribution < 1.29 is 27.5 Å². The molecule has 3 N–H and O–H groups in total. The van der Waals surface area contributed by atoms with Crippen molar-refractivity contribution in [1.82, 2.24) is 25.1 Å². The highest BCUT2D eigenvalue weighted by molar-refractivity contribution is 7.92. The highest BCUT2D eigenvalue weighted by Gasteiger charge is 2.42. The standard InChI is InChI=1S/C45H54ClN9O6S/c1-27(2)61-39-21-35(29(5)20-38(39)49-44-47-22-36(46)42(51-44)48-37-8-6-7-9-40(37)62(59,60)28(3)4)30-14-17-52(18-15-30)34-25-54(26-34)43(57)31-23-53(24-31)32-10-12-33(13-11-32)55-19-16-41(56)50-45(55)58/h6-13,20-22,27-28,30-31,34H,14-19,23-26H2,1-5H3,(H,50,56,58)(H2,47,48,49,51). The van der Waals surface area contributed by atoms with Gasteiger partial charge in [-0.2, -0.15) is 4.98 Å². The maximum atomic E-state index is 13.4. The van der Waals surface area contributed by atoms with Crippen LogP contribution in [0.4, 0.5) is 39.3 Å². The van der Waals surface area contributed by atoms with Gasteiger partial charge in [0.2, 0.25) is 17.8 Å². The van der Waals surface area contributed by atoms with Gasteiger partial charge in [-0.1, -0.05) is 23.7 Å². The van der Waals surface area contributed by atoms with Gasteiger partial charge in [-0.3, -0.25) is 24.7 Å². The number of carbonyl (C=O) groups is 3. The number of urea groups is 1. The van der Waals surface area contributed by atoms with Crippen LogP contribution in [0.5, 0.6) is 5.75 Å². The summed E-state index contributed by atoms with van der Waals surface area (Å²) >= 11 is 6.52. The number of likely N-dealkylation sites (tertiary alicyclic amines) is 2. The molecule has 4 amide bonds. The molecule has 3 aromatic carbocycles. The number of aromatic nitrogens is 2. The zero-order valence-corrected chi connectivity index (χ0v) is 37.3. The summed E-state index contributed by atoms with van der Waals surface area (Å²) in [6.45, 7) is 14.5. The Hall–Kier alpha value is -5.45. The minimum atomic E-state index is -3.57. The van der Waals surface area contributed by atoms with Gasteiger partial charge in [0.05, 0.1) is 39.7 Å². The molecule has 0 unspecified atom stereocenters. The predicted octanol–water partition coefficient (Wildman–Crippen LogP) is 6.87. The van der Waals surface area contributed by atoms with E-state index in [-0.39, 0.29) is 51.9 Å². The van der Waals surface area contributed by atoms with E-state index < -0.39 is 21.1 Å². The van der Waals surface area contributed by atoms with Crippen LogP contribution in [-0.2, 0) is 19.4 Å². The van der Waals surface area contributed by atoms with Crippen molar-refractivity contribution in [3.8, 4) is 5.75 Å². The summed E-state index contributed by atoms with van der Waals surface area (Å²) in [7, 11) is -3.57. The van der Waals surface area contributed by atoms with E-state index in [4.69, 9.17) is 16.3 Å². The first kappa shape index (κ1) is 43.2. The van der Waals surface area contributed by atoms with Crippen LogP contribution in [0.1, 0.15) is 64.0 Å². The van der Waals surface area contributed by atoms with Crippen LogP contribution < -0.4 is 30.5 Å². The van der Waals surface area contributed by atoms with Crippen molar-refractivity contribution in [3.63, 3.8) is 0 Å². The summed E-state index contributed by atoms with van der Waals surface area (Å²) in [5.41, 5.74) is 5.21. The second-order valence-corrected chi connectivity index (χ2v) is 20.1. The van der Waals surface area contributed by atoms with Crippen LogP contribution in [0.2, 0.25) is 5.02 Å². The largest absolute Gasteiger partial charge is 0.489 e. The number of hydrogen-bond acceptors (Lipinski definition) is 12. The lowest BCUT2D eigenvalue weighted by atomic mass is 9.85. The van der Waals surface area contributed by atoms with Crippen LogP contribution >= 0.6 is 11.6 Å². The second kappa shape index (κ2) is 17.7. The summed E-state index contributed by atoms with van der Waals surface area (Å²) in [6, 6.07) is 18.6. The Morgan fingerprint density at radius 3 is 2.27 bits per heavy atom. The number of carbonyl (C=O) groups excluding carboxylic acids is 3. The first-order valence-electron chi connectivity index (χ1n) is 21.3. The number of anilines is 6. The third-order valence-corrected chi connectivity index (χ3v) is 14.7. The monoisotopic (exact) mass is 883 g/mol. The van der Waals surface area contributed by atoms with E-state index in [1.54, 1.807) is 43.0 Å². The number of imide groups is 1. The van der Waals surface area contributed by atoms with Crippen LogP contribution in [-0.4, -0.2) is 109 Å². The van der Waals surface area contributed by atoms with Crippen molar-refractivity contribution in [1.29, 1.82) is 0 Å². The Morgan fingerprint density at radius 2 is 1.60 bits per heavy atom. The number of amides is 4. The minimum Gasteiger partial charge on any atom is -0.489 e. The predicted molar refractivity (Wildman–Crippen MR) is 241 cm³/mol. The Kier molecular flexibility index (Phi) is 12.4. The molecule has 0 aliphatic carbocycles. The normalized spacial score (nSPS) is 18.2. The molecular weight excluding hydrogens is 830 g/mol. The fraction of sp³-hybridized carbons (Fsp3) is 0.444. The van der Waals surface area contributed by atoms with E-state index in [0.717, 1.165) is 56.0 Å². The van der Waals surface area contributed by atoms with Crippen molar-refractivity contribution in [3.05, 3.63) is 83.0 Å². The number of para-hydroxylation sites is 1. The van der Waals surface area contributed by atoms with Crippen molar-refractivity contribution in [2.75, 3.05) is 66.2 Å². The van der Waals surface area contributed by atoms with E-state index >= 15 is 0 Å². The van der Waals surface area contributed by atoms with E-state index in [1.165, 1.54) is 11.8 Å². The first-order chi connectivity index (χ1) is 29.6. The molecule has 4 aliphatic heterocycles. The van der Waals surface area contributed by atoms with Gasteiger partial charge in [0.25, 0.3) is 0 Å². The maximum Gasteiger partial charge on any atom is 0.328 e. The number of sulfone groups is 1. The molecule has 0 bridgehead atoms. The lowest BCUT2D eigenvalue weighted by molar-refractivity contribution is -0.144. The number of halogens is 1. The van der Waals surface area contributed by atoms with Gasteiger partial charge >= 0.3 is 6.03 Å². The second-order valence-electron chi connectivity index (χ2n) is 17.2. The highest BCUT2D eigenvalue weighted by Crippen LogP contribution is 2.40. The number of aryl methyl sites for hydroxylation is 1. The molecule has 0 spiro atoms. The molecule has 5 heterocycles. The van der Waals surface area contributed by atoms with Gasteiger partial charge in [-0.15, -0.1) is 0 Å². The van der Waals surface area contributed by atoms with Crippen molar-refractivity contribution in [2.45, 2.75) is 82.1 Å². The molecular formula is C45H54ClN9O6S. The third-order valence-electron chi connectivity index (χ3n) is 12.3. The van der Waals surface area contributed by atoms with Gasteiger partial charge < -0.3 is 25.2 Å². The van der Waals surface area contributed by atoms with Crippen LogP contribution in [0.3, 0.4) is 0 Å². The first-order valence-corrected chi connectivity index (χ1v) is 23.3. The summed E-state index contributed by atoms with van der Waals surface area (Å²) in [5, 5.41) is 8.44. The van der Waals surface area contributed by atoms with E-state index in [2.05, 4.69) is 54.8 Å². The molecule has 0 saturated carbocycles. The average Bonchev–Trinajstić information content (AvgIpc) is 3.19. The van der Waals surface area contributed by atoms with Gasteiger partial charge in [0.1, 0.15) is 10.8 Å². The van der Waals surface area contributed by atoms with Crippen molar-refractivity contribution in [2.24, 2.45) is 5.92 Å². The molecule has 0 radical (unpaired) electrons. The van der Waals surface area contributed by atoms with Crippen LogP contribution in [0, 0.1) is 12.8 Å². The molecule has 4 saturated heterocycles. The average molecular weight is 885 g/mol. The Labute approximate surface area is 368 Å². The molecule has 1 aromatic heterocycles. The van der Waals surface area contributed by atoms with Crippen molar-refractivity contribution >= 4 is 73.8 Å². The van der Waals surface area contributed by atoms with Crippen LogP contribution in [0.15, 0.2) is 71.8 Å². The van der Waals surface area contributed by atoms with Gasteiger partial charge in [0, 0.05) is 56.6 Å². The summed E-state index contributed by atoms with van der Waals surface area (Å²) in [5.74, 6) is 1.53. The van der Waals surface area contributed by atoms with E-state index in [9.17, 15) is 22.8 Å². The molecule has 17 heteroatoms. The number of nitrogens with zero attached hydrogens (tertiary/aromatic N) is 6. The third kappa shape index (κ3) is 9.04. The lowest BCUT2D eigenvalue weighted by Crippen LogP contribution is -2.65. The number of nitrogens with one attached hydrogen (secondary N) is 3. The van der Waals surface area contributed by atoms with Gasteiger partial charge in [-0.05, 0) is 126 Å². The zero-order chi connectivity index (χ0) is 43.9. The fourth-order valence-corrected chi connectivity index (χ4v) is 9.97. The molecule has 4 fully saturated rings. The Balaban J connectivity index is 0.846. The summed E-state index contributed by atoms with van der Waals surface area (Å²) in [4.78, 5) is 54.6. The van der Waals surface area contributed by atoms with E-state index in [0.29, 0.717) is 48.7 Å². The highest BCUT2D eigenvalue weighted by atomic mass is 35.5. The fourth-order valence-electron chi connectivity index (χ4n) is 8.63. The number of benzene rings is 3. The van der Waals surface area contributed by atoms with Crippen LogP contribution in [0.25, 0.3) is 0 Å². The van der Waals surface area contributed by atoms with Gasteiger partial charge in [-0.25, -0.2) is 18.2 Å². The van der Waals surface area contributed by atoms with Gasteiger partial charge in [0.15, 0.2) is 15.7 Å². The quantitative estimate of drug-likeness (QED) is 0.128. The molecule has 8 rings (SSSR count). The number of hydrogen-bond donors (Lipinski definition) is 3. The molecule has 0 atom stereocenters. The number of piperidine rings is 1.